The number of benzene rings is 3. The summed E-state index contributed by atoms with van der Waals surface area (Å²) in [6.07, 6.45) is 0. The van der Waals surface area contributed by atoms with E-state index >= 15 is 0 Å². The SMILES string of the molecule is CC(=O)c1ccc2oc3cc4ccccc4cc3c2c1. The molecule has 0 aliphatic carbocycles. The molecular formula is C18H12O2. The lowest BCUT2D eigenvalue weighted by Crippen LogP contribution is -1.89. The molecule has 0 bridgehead atoms. The first-order valence-electron chi connectivity index (χ1n) is 6.58. The molecule has 2 heteroatoms. The Bertz CT molecular complexity index is 977. The molecule has 0 aliphatic rings. The number of carbonyl (C=O) groups is 1. The van der Waals surface area contributed by atoms with Crippen LogP contribution in [0.5, 0.6) is 0 Å². The van der Waals surface area contributed by atoms with Crippen molar-refractivity contribution in [1.82, 2.24) is 0 Å². The first kappa shape index (κ1) is 11.2. The standard InChI is InChI=1S/C18H12O2/c1-11(19)12-6-7-17-15(8-12)16-9-13-4-2-3-5-14(13)10-18(16)20-17/h2-10H,1H3. The Balaban J connectivity index is 2.15. The van der Waals surface area contributed by atoms with Crippen molar-refractivity contribution >= 4 is 38.5 Å². The third kappa shape index (κ3) is 1.55. The van der Waals surface area contributed by atoms with Crippen molar-refractivity contribution in [2.24, 2.45) is 0 Å². The summed E-state index contributed by atoms with van der Waals surface area (Å²) in [6, 6.07) is 18.0. The van der Waals surface area contributed by atoms with Gasteiger partial charge in [-0.15, -0.1) is 0 Å². The fourth-order valence-corrected chi connectivity index (χ4v) is 2.68. The molecule has 0 unspecified atom stereocenters. The second-order valence-electron chi connectivity index (χ2n) is 5.06. The predicted molar refractivity (Wildman–Crippen MR) is 81.2 cm³/mol. The molecule has 0 atom stereocenters. The van der Waals surface area contributed by atoms with Crippen LogP contribution in [0.25, 0.3) is 32.7 Å². The summed E-state index contributed by atoms with van der Waals surface area (Å²) in [4.78, 5) is 11.5. The Labute approximate surface area is 115 Å². The molecule has 0 fully saturated rings. The van der Waals surface area contributed by atoms with Gasteiger partial charge in [0.25, 0.3) is 0 Å². The zero-order chi connectivity index (χ0) is 13.7. The van der Waals surface area contributed by atoms with Gasteiger partial charge >= 0.3 is 0 Å². The molecule has 1 heterocycles. The summed E-state index contributed by atoms with van der Waals surface area (Å²) in [7, 11) is 0. The molecule has 3 aromatic carbocycles. The molecule has 0 saturated carbocycles. The van der Waals surface area contributed by atoms with E-state index in [1.807, 2.05) is 30.3 Å². The molecule has 96 valence electrons. The van der Waals surface area contributed by atoms with E-state index in [-0.39, 0.29) is 5.78 Å². The smallest absolute Gasteiger partial charge is 0.159 e. The molecule has 2 nitrogen and oxygen atoms in total. The molecule has 0 N–H and O–H groups in total. The highest BCUT2D eigenvalue weighted by Crippen LogP contribution is 2.32. The van der Waals surface area contributed by atoms with Gasteiger partial charge in [0.15, 0.2) is 5.78 Å². The van der Waals surface area contributed by atoms with Gasteiger partial charge in [-0.25, -0.2) is 0 Å². The van der Waals surface area contributed by atoms with E-state index in [2.05, 4.69) is 24.3 Å². The number of fused-ring (bicyclic) bond motifs is 4. The number of carbonyl (C=O) groups excluding carboxylic acids is 1. The monoisotopic (exact) mass is 260 g/mol. The van der Waals surface area contributed by atoms with E-state index < -0.39 is 0 Å². The number of ketones is 1. The topological polar surface area (TPSA) is 30.2 Å². The van der Waals surface area contributed by atoms with Crippen molar-refractivity contribution in [3.8, 4) is 0 Å². The third-order valence-corrected chi connectivity index (χ3v) is 3.74. The van der Waals surface area contributed by atoms with Crippen LogP contribution in [-0.2, 0) is 0 Å². The highest BCUT2D eigenvalue weighted by Gasteiger charge is 2.10. The number of Topliss-reactive ketones (excluding diaryl/α,β-unsaturated/α-hetero) is 1. The first-order chi connectivity index (χ1) is 9.72. The van der Waals surface area contributed by atoms with Crippen LogP contribution in [0.15, 0.2) is 59.0 Å². The fraction of sp³-hybridized carbons (Fsp3) is 0.0556. The Kier molecular flexibility index (Phi) is 2.21. The molecular weight excluding hydrogens is 248 g/mol. The van der Waals surface area contributed by atoms with Crippen molar-refractivity contribution in [2.75, 3.05) is 0 Å². The van der Waals surface area contributed by atoms with E-state index in [0.29, 0.717) is 5.56 Å². The molecule has 0 aliphatic heterocycles. The van der Waals surface area contributed by atoms with Crippen molar-refractivity contribution in [1.29, 1.82) is 0 Å². The zero-order valence-corrected chi connectivity index (χ0v) is 11.0. The summed E-state index contributed by atoms with van der Waals surface area (Å²) in [5.74, 6) is 0.0713. The van der Waals surface area contributed by atoms with Crippen LogP contribution in [0.1, 0.15) is 17.3 Å². The van der Waals surface area contributed by atoms with Crippen LogP contribution in [0.4, 0.5) is 0 Å². The highest BCUT2D eigenvalue weighted by molar-refractivity contribution is 6.11. The van der Waals surface area contributed by atoms with E-state index in [9.17, 15) is 4.79 Å². The number of hydrogen-bond donors (Lipinski definition) is 0. The predicted octanol–water partition coefficient (Wildman–Crippen LogP) is 4.94. The lowest BCUT2D eigenvalue weighted by atomic mass is 10.0. The summed E-state index contributed by atoms with van der Waals surface area (Å²) < 4.78 is 5.88. The Morgan fingerprint density at radius 3 is 2.30 bits per heavy atom. The molecule has 0 spiro atoms. The van der Waals surface area contributed by atoms with Crippen LogP contribution < -0.4 is 0 Å². The van der Waals surface area contributed by atoms with Gasteiger partial charge in [-0.2, -0.15) is 0 Å². The number of rotatable bonds is 1. The average molecular weight is 260 g/mol. The highest BCUT2D eigenvalue weighted by atomic mass is 16.3. The molecule has 0 radical (unpaired) electrons. The lowest BCUT2D eigenvalue weighted by Gasteiger charge is -1.97. The van der Waals surface area contributed by atoms with Crippen LogP contribution in [0.3, 0.4) is 0 Å². The molecule has 4 rings (SSSR count). The van der Waals surface area contributed by atoms with Gasteiger partial charge in [0.2, 0.25) is 0 Å². The van der Waals surface area contributed by atoms with Crippen LogP contribution in [0.2, 0.25) is 0 Å². The minimum absolute atomic E-state index is 0.0713. The molecule has 0 amide bonds. The first-order valence-corrected chi connectivity index (χ1v) is 6.58. The minimum atomic E-state index is 0.0713. The summed E-state index contributed by atoms with van der Waals surface area (Å²) >= 11 is 0. The van der Waals surface area contributed by atoms with Crippen molar-refractivity contribution in [2.45, 2.75) is 6.92 Å². The van der Waals surface area contributed by atoms with Crippen molar-refractivity contribution in [3.05, 3.63) is 60.2 Å². The Morgan fingerprint density at radius 2 is 1.55 bits per heavy atom. The van der Waals surface area contributed by atoms with Crippen LogP contribution in [-0.4, -0.2) is 5.78 Å². The summed E-state index contributed by atoms with van der Waals surface area (Å²) in [5, 5.41) is 4.39. The normalized spacial score (nSPS) is 11.4. The van der Waals surface area contributed by atoms with Gasteiger partial charge in [-0.3, -0.25) is 4.79 Å². The maximum atomic E-state index is 11.5. The third-order valence-electron chi connectivity index (χ3n) is 3.74. The molecule has 1 aromatic heterocycles. The van der Waals surface area contributed by atoms with Gasteiger partial charge in [-0.1, -0.05) is 24.3 Å². The summed E-state index contributed by atoms with van der Waals surface area (Å²) in [5.41, 5.74) is 2.40. The van der Waals surface area contributed by atoms with Gasteiger partial charge in [0.1, 0.15) is 11.2 Å². The van der Waals surface area contributed by atoms with E-state index in [1.54, 1.807) is 6.92 Å². The largest absolute Gasteiger partial charge is 0.456 e. The van der Waals surface area contributed by atoms with Gasteiger partial charge in [-0.05, 0) is 48.0 Å². The minimum Gasteiger partial charge on any atom is -0.456 e. The van der Waals surface area contributed by atoms with Gasteiger partial charge < -0.3 is 4.42 Å². The van der Waals surface area contributed by atoms with Crippen molar-refractivity contribution < 1.29 is 9.21 Å². The summed E-state index contributed by atoms with van der Waals surface area (Å²) in [6.45, 7) is 1.58. The Hall–Kier alpha value is -2.61. The zero-order valence-electron chi connectivity index (χ0n) is 11.0. The average Bonchev–Trinajstić information content (AvgIpc) is 2.81. The number of hydrogen-bond acceptors (Lipinski definition) is 2. The number of furan rings is 1. The molecule has 4 aromatic rings. The lowest BCUT2D eigenvalue weighted by molar-refractivity contribution is 0.101. The van der Waals surface area contributed by atoms with Crippen molar-refractivity contribution in [3.63, 3.8) is 0 Å². The quantitative estimate of drug-likeness (QED) is 0.454. The maximum Gasteiger partial charge on any atom is 0.159 e. The molecule has 20 heavy (non-hydrogen) atoms. The van der Waals surface area contributed by atoms with E-state index in [1.165, 1.54) is 5.39 Å². The molecule has 0 saturated heterocycles. The van der Waals surface area contributed by atoms with E-state index in [4.69, 9.17) is 4.42 Å². The van der Waals surface area contributed by atoms with Gasteiger partial charge in [0, 0.05) is 16.3 Å². The van der Waals surface area contributed by atoms with Gasteiger partial charge in [0.05, 0.1) is 0 Å². The second kappa shape index (κ2) is 3.94. The van der Waals surface area contributed by atoms with Crippen LogP contribution >= 0.6 is 0 Å². The van der Waals surface area contributed by atoms with Crippen LogP contribution in [0, 0.1) is 0 Å². The Morgan fingerprint density at radius 1 is 0.850 bits per heavy atom. The van der Waals surface area contributed by atoms with E-state index in [0.717, 1.165) is 27.3 Å². The second-order valence-corrected chi connectivity index (χ2v) is 5.06. The maximum absolute atomic E-state index is 11.5. The fourth-order valence-electron chi connectivity index (χ4n) is 2.68.